The van der Waals surface area contributed by atoms with Crippen LogP contribution in [0, 0.1) is 0 Å². The molecule has 0 radical (unpaired) electrons. The van der Waals surface area contributed by atoms with Crippen LogP contribution in [0.15, 0.2) is 4.99 Å². The molecule has 0 aliphatic carbocycles. The Hall–Kier alpha value is -2.93. The van der Waals surface area contributed by atoms with E-state index < -0.39 is 29.7 Å². The lowest BCUT2D eigenvalue weighted by molar-refractivity contribution is -0.856. The van der Waals surface area contributed by atoms with Gasteiger partial charge in [0.25, 0.3) is 0 Å². The van der Waals surface area contributed by atoms with Gasteiger partial charge in [-0.25, -0.2) is 34.6 Å². The number of hydrogen-bond acceptors (Lipinski definition) is 9. The Kier molecular flexibility index (Phi) is 47.5. The van der Waals surface area contributed by atoms with E-state index in [2.05, 4.69) is 53.3 Å². The molecule has 0 saturated carbocycles. The molecule has 16 heteroatoms. The molecule has 0 unspecified atom stereocenters. The fourth-order valence-corrected chi connectivity index (χ4v) is 3.97. The van der Waals surface area contributed by atoms with Crippen LogP contribution in [0.4, 0.5) is 24.0 Å². The Bertz CT molecular complexity index is 865. The molecule has 0 aromatic rings. The highest BCUT2D eigenvalue weighted by atomic mass is 35.5. The first-order valence-electron chi connectivity index (χ1n) is 17.9. The quantitative estimate of drug-likeness (QED) is 0.0280. The van der Waals surface area contributed by atoms with E-state index in [1.54, 1.807) is 0 Å². The van der Waals surface area contributed by atoms with Crippen LogP contribution in [-0.4, -0.2) is 82.8 Å². The van der Waals surface area contributed by atoms with E-state index in [-0.39, 0.29) is 12.4 Å². The van der Waals surface area contributed by atoms with E-state index in [9.17, 15) is 24.0 Å². The number of carbonyl (C=O) groups is 5. The minimum atomic E-state index is -1.04. The van der Waals surface area contributed by atoms with Crippen molar-refractivity contribution in [3.63, 3.8) is 0 Å². The number of nitrogens with zero attached hydrogens (tertiary/aromatic N) is 1. The third kappa shape index (κ3) is 51.9. The summed E-state index contributed by atoms with van der Waals surface area (Å²) in [6.45, 7) is 8.94. The molecule has 4 N–H and O–H groups in total. The number of alkyl carbamates (subject to hydrolysis) is 3. The molecule has 0 heterocycles. The van der Waals surface area contributed by atoms with E-state index in [4.69, 9.17) is 19.0 Å². The third-order valence-corrected chi connectivity index (χ3v) is 6.74. The summed E-state index contributed by atoms with van der Waals surface area (Å²) in [6, 6.07) is -0.501. The van der Waals surface area contributed by atoms with E-state index in [0.717, 1.165) is 51.1 Å². The van der Waals surface area contributed by atoms with Crippen molar-refractivity contribution in [3.05, 3.63) is 0 Å². The van der Waals surface area contributed by atoms with Gasteiger partial charge in [0.1, 0.15) is 0 Å². The van der Waals surface area contributed by atoms with Crippen molar-refractivity contribution >= 4 is 47.4 Å². The number of hydrogen-bond donors (Lipinski definition) is 4. The Balaban J connectivity index is -0.000000359. The fourth-order valence-electron chi connectivity index (χ4n) is 3.93. The Labute approximate surface area is 311 Å². The normalized spacial score (nSPS) is 9.66. The largest absolute Gasteiger partial charge is 1.00 e. The lowest BCUT2D eigenvalue weighted by Crippen LogP contribution is -3.06. The highest BCUT2D eigenvalue weighted by Gasteiger charge is 2.10. The third-order valence-electron chi connectivity index (χ3n) is 6.66. The Morgan fingerprint density at radius 2 is 0.940 bits per heavy atom. The maximum Gasteiger partial charge on any atom is 0.416 e. The number of rotatable bonds is 24. The summed E-state index contributed by atoms with van der Waals surface area (Å²) >= 11 is 4.51. The predicted molar refractivity (Wildman–Crippen MR) is 191 cm³/mol. The zero-order chi connectivity index (χ0) is 37.4. The first-order valence-corrected chi connectivity index (χ1v) is 18.3. The maximum absolute atomic E-state index is 11.4. The minimum absolute atomic E-state index is 0. The van der Waals surface area contributed by atoms with Gasteiger partial charge in [0, 0.05) is 0 Å². The number of urea groups is 1. The molecule has 6 amide bonds. The molecule has 0 aliphatic rings. The highest BCUT2D eigenvalue weighted by Crippen LogP contribution is 2.06. The van der Waals surface area contributed by atoms with Gasteiger partial charge in [-0.3, -0.25) is 4.79 Å². The van der Waals surface area contributed by atoms with Crippen molar-refractivity contribution in [2.24, 2.45) is 4.99 Å². The molecule has 50 heavy (non-hydrogen) atoms. The Morgan fingerprint density at radius 1 is 0.600 bits per heavy atom. The van der Waals surface area contributed by atoms with Crippen LogP contribution in [-0.2, 0) is 19.0 Å². The number of amides is 6. The zero-order valence-electron chi connectivity index (χ0n) is 31.1. The fraction of sp³-hybridized carbons (Fsp3) is 0.824. The average molecular weight is 759 g/mol. The number of aliphatic imine (C=N–C) groups is 1. The highest BCUT2D eigenvalue weighted by molar-refractivity contribution is 6.63. The summed E-state index contributed by atoms with van der Waals surface area (Å²) in [5.41, 5.74) is 0. The topological polar surface area (TPSA) is 183 Å². The molecule has 14 nitrogen and oxygen atoms in total. The van der Waals surface area contributed by atoms with E-state index in [1.807, 2.05) is 14.1 Å². The number of carbonyl (C=O) groups excluding carboxylic acids is 6. The molecule has 0 bridgehead atoms. The second-order valence-electron chi connectivity index (χ2n) is 11.6. The molecule has 0 atom stereocenters. The average Bonchev–Trinajstić information content (AvgIpc) is 3.04. The van der Waals surface area contributed by atoms with Gasteiger partial charge in [-0.2, -0.15) is 0 Å². The lowest BCUT2D eigenvalue weighted by atomic mass is 10.1. The van der Waals surface area contributed by atoms with Crippen LogP contribution in [0.3, 0.4) is 0 Å². The molecule has 0 saturated heterocycles. The van der Waals surface area contributed by atoms with Crippen LogP contribution in [0.5, 0.6) is 0 Å². The van der Waals surface area contributed by atoms with Gasteiger partial charge >= 0.3 is 29.7 Å². The van der Waals surface area contributed by atoms with Gasteiger partial charge in [-0.1, -0.05) is 117 Å². The molecule has 0 fully saturated rings. The predicted octanol–water partition coefficient (Wildman–Crippen LogP) is 4.18. The number of ether oxygens (including phenoxy) is 3. The first kappa shape index (κ1) is 53.9. The van der Waals surface area contributed by atoms with Crippen molar-refractivity contribution in [1.82, 2.24) is 16.0 Å². The maximum atomic E-state index is 11.4. The van der Waals surface area contributed by atoms with Gasteiger partial charge < -0.3 is 36.8 Å². The standard InChI is InChI=1S/C18H35NO4.C14H29N3O3.C2ClNO2.ClH/c1-3-5-7-9-11-13-15-22-17(20)19-18(21)23-16-14-12-10-8-6-4-2;1-4-5-6-7-8-9-12-20-14(19)16-13(18)15-10-11-17(2)3;3-2(6)4-1-5;/h3-16H2,1-2H3,(H,19,20,21);4-12H2,1-3H3,(H2,15,16,18,19);;1H. The number of nitrogens with one attached hydrogen (secondary N) is 4. The van der Waals surface area contributed by atoms with Crippen molar-refractivity contribution in [2.75, 3.05) is 47.0 Å². The molecule has 0 aromatic heterocycles. The number of quaternary nitrogens is 1. The second kappa shape index (κ2) is 44.1. The van der Waals surface area contributed by atoms with Gasteiger partial charge in [0.15, 0.2) is 0 Å². The lowest BCUT2D eigenvalue weighted by Gasteiger charge is -2.09. The van der Waals surface area contributed by atoms with Crippen LogP contribution in [0.2, 0.25) is 0 Å². The molecule has 294 valence electrons. The number of imide groups is 2. The summed E-state index contributed by atoms with van der Waals surface area (Å²) in [5, 5.41) is 5.79. The van der Waals surface area contributed by atoms with Crippen molar-refractivity contribution in [3.8, 4) is 0 Å². The molecular weight excluding hydrogens is 693 g/mol. The summed E-state index contributed by atoms with van der Waals surface area (Å²) in [5.74, 6) is 0. The smallest absolute Gasteiger partial charge is 0.416 e. The molecule has 0 spiro atoms. The van der Waals surface area contributed by atoms with E-state index in [0.29, 0.717) is 26.4 Å². The second-order valence-corrected chi connectivity index (χ2v) is 12.0. The van der Waals surface area contributed by atoms with Crippen LogP contribution in [0.25, 0.3) is 0 Å². The molecule has 0 aliphatic heterocycles. The number of likely N-dealkylation sites (N-methyl/N-ethyl adjacent to an activating group) is 1. The van der Waals surface area contributed by atoms with Crippen molar-refractivity contribution in [2.45, 2.75) is 136 Å². The van der Waals surface area contributed by atoms with Crippen molar-refractivity contribution < 1.29 is 60.3 Å². The van der Waals surface area contributed by atoms with Crippen LogP contribution < -0.4 is 33.3 Å². The number of isocyanates is 1. The monoisotopic (exact) mass is 757 g/mol. The molecule has 0 rings (SSSR count). The molecule has 0 aromatic carbocycles. The van der Waals surface area contributed by atoms with Crippen LogP contribution in [0.1, 0.15) is 136 Å². The number of halogens is 2. The molecular formula is C34H65Cl2N5O9. The SMILES string of the molecule is CCCCCCCCOC(=O)NC(=O)NCC[NH+](C)C.CCCCCCCCOC(=O)NC(=O)OCCCCCCCC.O=C=NC(=O)Cl.[Cl-]. The van der Waals surface area contributed by atoms with Gasteiger partial charge in [-0.15, -0.1) is 4.99 Å². The summed E-state index contributed by atoms with van der Waals surface area (Å²) in [7, 11) is 3.99. The summed E-state index contributed by atoms with van der Waals surface area (Å²) in [4.78, 5) is 67.4. The van der Waals surface area contributed by atoms with E-state index in [1.165, 1.54) is 81.9 Å². The zero-order valence-corrected chi connectivity index (χ0v) is 32.7. The summed E-state index contributed by atoms with van der Waals surface area (Å²) < 4.78 is 14.8. The summed E-state index contributed by atoms with van der Waals surface area (Å²) in [6.07, 6.45) is 19.2. The van der Waals surface area contributed by atoms with Gasteiger partial charge in [0.2, 0.25) is 6.08 Å². The Morgan fingerprint density at radius 3 is 1.24 bits per heavy atom. The first-order chi connectivity index (χ1) is 23.5. The minimum Gasteiger partial charge on any atom is -1.00 e. The van der Waals surface area contributed by atoms with Crippen LogP contribution >= 0.6 is 11.6 Å². The van der Waals surface area contributed by atoms with Gasteiger partial charge in [0.05, 0.1) is 47.0 Å². The van der Waals surface area contributed by atoms with Gasteiger partial charge in [-0.05, 0) is 30.9 Å². The van der Waals surface area contributed by atoms with E-state index >= 15 is 0 Å². The van der Waals surface area contributed by atoms with Crippen molar-refractivity contribution in [1.29, 1.82) is 0 Å². The number of unbranched alkanes of at least 4 members (excludes halogenated alkanes) is 15.